The van der Waals surface area contributed by atoms with Crippen LogP contribution in [0.15, 0.2) is 95.5 Å². The van der Waals surface area contributed by atoms with Gasteiger partial charge in [0.15, 0.2) is 0 Å². The molecular weight excluding hydrogens is 796 g/mol. The Bertz CT molecular complexity index is 2390. The van der Waals surface area contributed by atoms with Crippen LogP contribution in [0.5, 0.6) is 5.75 Å². The molecule has 256 valence electrons. The molecule has 0 aliphatic rings. The molecule has 0 bridgehead atoms. The Morgan fingerprint density at radius 3 is 1.94 bits per heavy atom. The van der Waals surface area contributed by atoms with Gasteiger partial charge < -0.3 is 9.52 Å². The van der Waals surface area contributed by atoms with Gasteiger partial charge in [-0.2, -0.15) is 0 Å². The maximum Gasteiger partial charge on any atom is 0.230 e. The molecule has 0 radical (unpaired) electrons. The van der Waals surface area contributed by atoms with Gasteiger partial charge in [0.25, 0.3) is 0 Å². The first-order chi connectivity index (χ1) is 23.2. The van der Waals surface area contributed by atoms with Crippen molar-refractivity contribution < 1.29 is 30.6 Å². The van der Waals surface area contributed by atoms with E-state index in [0.29, 0.717) is 17.0 Å². The first-order valence-electron chi connectivity index (χ1n) is 17.0. The molecule has 50 heavy (non-hydrogen) atoms. The number of hydrogen-bond donors (Lipinski definition) is 1. The number of benzene rings is 5. The van der Waals surface area contributed by atoms with Crippen LogP contribution in [0.2, 0.25) is 0 Å². The Kier molecular flexibility index (Phi) is 9.16. The van der Waals surface area contributed by atoms with E-state index < -0.39 is 0 Å². The minimum atomic E-state index is -0.103. The fourth-order valence-electron chi connectivity index (χ4n) is 6.87. The molecule has 0 saturated heterocycles. The maximum absolute atomic E-state index is 11.0. The van der Waals surface area contributed by atoms with E-state index in [1.54, 1.807) is 6.07 Å². The van der Waals surface area contributed by atoms with Crippen LogP contribution in [0.25, 0.3) is 66.8 Å². The van der Waals surface area contributed by atoms with Crippen LogP contribution < -0.4 is 0 Å². The number of nitrogens with zero attached hydrogens (tertiary/aromatic N) is 2. The first-order valence-corrected chi connectivity index (χ1v) is 17.0. The van der Waals surface area contributed by atoms with Gasteiger partial charge >= 0.3 is 0 Å². The summed E-state index contributed by atoms with van der Waals surface area (Å²) in [6.07, 6.45) is 1.92. The van der Waals surface area contributed by atoms with Crippen LogP contribution in [-0.4, -0.2) is 15.1 Å². The second-order valence-corrected chi connectivity index (χ2v) is 15.5. The Labute approximate surface area is 309 Å². The number of aryl methyl sites for hydroxylation is 3. The SMILES string of the molecule is Cc1cc(C)cc(-c2cc(-c3[c-]c(-c4cc(C)cc5c(C(C)(C)C)ccnc45)ccc3)c3nc(-c4cc(C(C)(C)C)ccc4O)oc3c2)c1.[Pt]. The normalized spacial score (nSPS) is 12.0. The number of phenols is 1. The molecule has 0 unspecified atom stereocenters. The van der Waals surface area contributed by atoms with Gasteiger partial charge in [0.2, 0.25) is 5.89 Å². The summed E-state index contributed by atoms with van der Waals surface area (Å²) in [7, 11) is 0. The molecule has 2 aromatic heterocycles. The van der Waals surface area contributed by atoms with E-state index in [4.69, 9.17) is 14.4 Å². The van der Waals surface area contributed by atoms with Crippen molar-refractivity contribution in [2.45, 2.75) is 73.1 Å². The number of rotatable bonds is 4. The van der Waals surface area contributed by atoms with Gasteiger partial charge in [0.1, 0.15) is 11.3 Å². The van der Waals surface area contributed by atoms with Gasteiger partial charge in [-0.15, -0.1) is 35.4 Å². The van der Waals surface area contributed by atoms with Gasteiger partial charge in [-0.3, -0.25) is 4.98 Å². The predicted octanol–water partition coefficient (Wildman–Crippen LogP) is 12.1. The Morgan fingerprint density at radius 2 is 1.28 bits per heavy atom. The number of oxazole rings is 1. The largest absolute Gasteiger partial charge is 0.507 e. The Balaban J connectivity index is 0.00000432. The molecule has 0 fully saturated rings. The van der Waals surface area contributed by atoms with Gasteiger partial charge in [-0.25, -0.2) is 4.98 Å². The van der Waals surface area contributed by atoms with E-state index >= 15 is 0 Å². The van der Waals surface area contributed by atoms with Crippen molar-refractivity contribution in [2.24, 2.45) is 0 Å². The summed E-state index contributed by atoms with van der Waals surface area (Å²) in [6.45, 7) is 19.6. The maximum atomic E-state index is 11.0. The van der Waals surface area contributed by atoms with E-state index in [2.05, 4.69) is 135 Å². The average molecular weight is 839 g/mol. The average Bonchev–Trinajstić information content (AvgIpc) is 3.46. The molecule has 0 saturated carbocycles. The molecule has 0 aliphatic carbocycles. The summed E-state index contributed by atoms with van der Waals surface area (Å²) < 4.78 is 6.53. The molecule has 1 N–H and O–H groups in total. The molecule has 0 atom stereocenters. The molecule has 7 rings (SSSR count). The monoisotopic (exact) mass is 838 g/mol. The summed E-state index contributed by atoms with van der Waals surface area (Å²) in [5, 5.41) is 12.2. The zero-order valence-electron chi connectivity index (χ0n) is 30.2. The van der Waals surface area contributed by atoms with Crippen molar-refractivity contribution in [1.29, 1.82) is 0 Å². The van der Waals surface area contributed by atoms with E-state index in [1.807, 2.05) is 18.3 Å². The van der Waals surface area contributed by atoms with Crippen molar-refractivity contribution >= 4 is 22.0 Å². The van der Waals surface area contributed by atoms with Crippen molar-refractivity contribution in [2.75, 3.05) is 0 Å². The number of hydrogen-bond acceptors (Lipinski definition) is 4. The van der Waals surface area contributed by atoms with Crippen molar-refractivity contribution in [3.63, 3.8) is 0 Å². The molecule has 0 amide bonds. The smallest absolute Gasteiger partial charge is 0.230 e. The minimum Gasteiger partial charge on any atom is -0.507 e. The quantitative estimate of drug-likeness (QED) is 0.179. The topological polar surface area (TPSA) is 59.2 Å². The third-order valence-electron chi connectivity index (χ3n) is 9.32. The second kappa shape index (κ2) is 13.0. The molecule has 0 spiro atoms. The zero-order chi connectivity index (χ0) is 34.8. The molecule has 5 aromatic carbocycles. The molecule has 5 heteroatoms. The van der Waals surface area contributed by atoms with Crippen LogP contribution in [-0.2, 0) is 31.9 Å². The van der Waals surface area contributed by atoms with Gasteiger partial charge in [0.05, 0.1) is 11.1 Å². The number of pyridine rings is 1. The predicted molar refractivity (Wildman–Crippen MR) is 203 cm³/mol. The summed E-state index contributed by atoms with van der Waals surface area (Å²) in [5.74, 6) is 0.523. The number of aromatic hydroxyl groups is 1. The zero-order valence-corrected chi connectivity index (χ0v) is 32.5. The van der Waals surface area contributed by atoms with E-state index in [9.17, 15) is 5.11 Å². The van der Waals surface area contributed by atoms with Gasteiger partial charge in [-0.05, 0) is 83.5 Å². The summed E-state index contributed by atoms with van der Waals surface area (Å²) >= 11 is 0. The molecule has 7 aromatic rings. The number of aromatic nitrogens is 2. The van der Waals surface area contributed by atoms with Crippen LogP contribution >= 0.6 is 0 Å². The van der Waals surface area contributed by atoms with Gasteiger partial charge in [-0.1, -0.05) is 112 Å². The molecule has 2 heterocycles. The minimum absolute atomic E-state index is 0. The third-order valence-corrected chi connectivity index (χ3v) is 9.32. The van der Waals surface area contributed by atoms with E-state index in [1.165, 1.54) is 27.6 Å². The Morgan fingerprint density at radius 1 is 0.640 bits per heavy atom. The second-order valence-electron chi connectivity index (χ2n) is 15.5. The molecule has 0 aliphatic heterocycles. The fraction of sp³-hybridized carbons (Fsp3) is 0.244. The summed E-state index contributed by atoms with van der Waals surface area (Å²) in [6, 6.07) is 33.1. The van der Waals surface area contributed by atoms with Crippen LogP contribution in [0.4, 0.5) is 0 Å². The Hall–Kier alpha value is -4.53. The summed E-state index contributed by atoms with van der Waals surface area (Å²) in [4.78, 5) is 9.95. The number of fused-ring (bicyclic) bond motifs is 2. The first kappa shape index (κ1) is 35.3. The summed E-state index contributed by atoms with van der Waals surface area (Å²) in [5.41, 5.74) is 14.7. The van der Waals surface area contributed by atoms with Crippen molar-refractivity contribution in [1.82, 2.24) is 9.97 Å². The van der Waals surface area contributed by atoms with Crippen LogP contribution in [0.1, 0.15) is 69.4 Å². The number of phenolic OH excluding ortho intramolecular Hbond substituents is 1. The van der Waals surface area contributed by atoms with E-state index in [-0.39, 0.29) is 37.6 Å². The van der Waals surface area contributed by atoms with Crippen molar-refractivity contribution in [3.8, 4) is 50.6 Å². The van der Waals surface area contributed by atoms with Crippen LogP contribution in [0, 0.1) is 26.8 Å². The van der Waals surface area contributed by atoms with Crippen molar-refractivity contribution in [3.05, 3.63) is 125 Å². The molecule has 4 nitrogen and oxygen atoms in total. The van der Waals surface area contributed by atoms with Gasteiger partial charge in [0, 0.05) is 32.8 Å². The standard InChI is InChI=1S/C45H43N2O2.Pt/c1-26-17-27(2)19-31(18-26)32-23-35(42-40(24-32)49-43(47-42)37-25-33(44(4,5)6)13-14-39(37)48)30-12-10-11-29(22-30)34-20-28(3)21-36-38(45(7,8)9)15-16-46-41(34)36;/h10-21,23-25,48H,1-9H3;/q-1;. The van der Waals surface area contributed by atoms with E-state index in [0.717, 1.165) is 50.0 Å². The fourth-order valence-corrected chi connectivity index (χ4v) is 6.87. The van der Waals surface area contributed by atoms with Crippen LogP contribution in [0.3, 0.4) is 0 Å². The molecular formula is C45H43N2O2Pt-. The third kappa shape index (κ3) is 6.66.